The van der Waals surface area contributed by atoms with Crippen LogP contribution in [0.15, 0.2) is 42.9 Å². The Morgan fingerprint density at radius 3 is 2.74 bits per heavy atom. The van der Waals surface area contributed by atoms with Crippen molar-refractivity contribution in [2.45, 2.75) is 19.3 Å². The van der Waals surface area contributed by atoms with Crippen molar-refractivity contribution in [2.75, 3.05) is 11.4 Å². The molecule has 6 nitrogen and oxygen atoms in total. The number of halogens is 2. The van der Waals surface area contributed by atoms with E-state index >= 15 is 0 Å². The summed E-state index contributed by atoms with van der Waals surface area (Å²) in [6.45, 7) is 0.411. The summed E-state index contributed by atoms with van der Waals surface area (Å²) in [6, 6.07) is 6.23. The lowest BCUT2D eigenvalue weighted by Crippen LogP contribution is -2.42. The SMILES string of the molecule is O=C1[C@H](Cc2ccc(F)nc2)CCCN1c1n[nH]c(-c2ccncc2)c1F. The number of amides is 1. The molecule has 4 heterocycles. The van der Waals surface area contributed by atoms with Crippen LogP contribution in [0.3, 0.4) is 0 Å². The van der Waals surface area contributed by atoms with Gasteiger partial charge in [0, 0.05) is 36.6 Å². The zero-order chi connectivity index (χ0) is 18.8. The number of piperidine rings is 1. The van der Waals surface area contributed by atoms with Crippen molar-refractivity contribution in [3.63, 3.8) is 0 Å². The van der Waals surface area contributed by atoms with Crippen LogP contribution in [0.2, 0.25) is 0 Å². The highest BCUT2D eigenvalue weighted by Gasteiger charge is 2.33. The first-order valence-electron chi connectivity index (χ1n) is 8.69. The number of carbonyl (C=O) groups excluding carboxylic acids is 1. The maximum absolute atomic E-state index is 14.9. The first-order chi connectivity index (χ1) is 13.1. The van der Waals surface area contributed by atoms with Gasteiger partial charge in [-0.25, -0.2) is 9.37 Å². The maximum atomic E-state index is 14.9. The molecule has 3 aromatic rings. The van der Waals surface area contributed by atoms with Gasteiger partial charge in [0.2, 0.25) is 11.9 Å². The predicted molar refractivity (Wildman–Crippen MR) is 94.8 cm³/mol. The van der Waals surface area contributed by atoms with E-state index in [9.17, 15) is 13.6 Å². The number of pyridine rings is 2. The second-order valence-electron chi connectivity index (χ2n) is 6.49. The number of carbonyl (C=O) groups is 1. The van der Waals surface area contributed by atoms with Crippen LogP contribution in [0.1, 0.15) is 18.4 Å². The van der Waals surface area contributed by atoms with E-state index in [0.29, 0.717) is 24.9 Å². The topological polar surface area (TPSA) is 74.8 Å². The fourth-order valence-electron chi connectivity index (χ4n) is 3.37. The molecule has 0 aliphatic carbocycles. The van der Waals surface area contributed by atoms with Crippen molar-refractivity contribution in [2.24, 2.45) is 5.92 Å². The molecule has 8 heteroatoms. The number of nitrogens with one attached hydrogen (secondary N) is 1. The van der Waals surface area contributed by atoms with Crippen molar-refractivity contribution in [1.82, 2.24) is 20.2 Å². The summed E-state index contributed by atoms with van der Waals surface area (Å²) in [5.41, 5.74) is 1.61. The third-order valence-electron chi connectivity index (χ3n) is 4.73. The quantitative estimate of drug-likeness (QED) is 0.717. The number of hydrogen-bond acceptors (Lipinski definition) is 4. The predicted octanol–water partition coefficient (Wildman–Crippen LogP) is 3.13. The molecular weight excluding hydrogens is 352 g/mol. The molecule has 1 fully saturated rings. The average Bonchev–Trinajstić information content (AvgIpc) is 3.07. The first kappa shape index (κ1) is 17.3. The Kier molecular flexibility index (Phi) is 4.62. The van der Waals surface area contributed by atoms with E-state index in [4.69, 9.17) is 0 Å². The maximum Gasteiger partial charge on any atom is 0.231 e. The van der Waals surface area contributed by atoms with Gasteiger partial charge < -0.3 is 0 Å². The second-order valence-corrected chi connectivity index (χ2v) is 6.49. The molecule has 0 aromatic carbocycles. The van der Waals surface area contributed by atoms with Crippen molar-refractivity contribution in [3.8, 4) is 11.3 Å². The summed E-state index contributed by atoms with van der Waals surface area (Å²) < 4.78 is 27.9. The summed E-state index contributed by atoms with van der Waals surface area (Å²) in [5.74, 6) is -1.60. The number of hydrogen-bond donors (Lipinski definition) is 1. The van der Waals surface area contributed by atoms with Gasteiger partial charge in [-0.05, 0) is 43.0 Å². The number of rotatable bonds is 4. The van der Waals surface area contributed by atoms with Crippen molar-refractivity contribution >= 4 is 11.7 Å². The van der Waals surface area contributed by atoms with Gasteiger partial charge in [0.15, 0.2) is 11.6 Å². The number of aromatic nitrogens is 4. The lowest BCUT2D eigenvalue weighted by atomic mass is 9.91. The van der Waals surface area contributed by atoms with Crippen molar-refractivity contribution < 1.29 is 13.6 Å². The van der Waals surface area contributed by atoms with E-state index in [1.54, 1.807) is 30.6 Å². The van der Waals surface area contributed by atoms with Crippen LogP contribution >= 0.6 is 0 Å². The highest BCUT2D eigenvalue weighted by atomic mass is 19.1. The van der Waals surface area contributed by atoms with Gasteiger partial charge in [-0.15, -0.1) is 0 Å². The lowest BCUT2D eigenvalue weighted by Gasteiger charge is -2.30. The van der Waals surface area contributed by atoms with Gasteiger partial charge >= 0.3 is 0 Å². The summed E-state index contributed by atoms with van der Waals surface area (Å²) >= 11 is 0. The van der Waals surface area contributed by atoms with Crippen molar-refractivity contribution in [1.29, 1.82) is 0 Å². The summed E-state index contributed by atoms with van der Waals surface area (Å²) in [6.07, 6.45) is 6.42. The number of anilines is 1. The van der Waals surface area contributed by atoms with E-state index in [1.807, 2.05) is 0 Å². The van der Waals surface area contributed by atoms with E-state index < -0.39 is 11.8 Å². The van der Waals surface area contributed by atoms with E-state index in [0.717, 1.165) is 12.0 Å². The monoisotopic (exact) mass is 369 g/mol. The molecule has 1 saturated heterocycles. The Morgan fingerprint density at radius 2 is 2.00 bits per heavy atom. The highest BCUT2D eigenvalue weighted by Crippen LogP contribution is 2.31. The molecule has 1 aliphatic heterocycles. The van der Waals surface area contributed by atoms with Crippen LogP contribution in [-0.2, 0) is 11.2 Å². The molecule has 1 aliphatic rings. The molecule has 0 radical (unpaired) electrons. The van der Waals surface area contributed by atoms with Crippen LogP contribution in [0.5, 0.6) is 0 Å². The minimum absolute atomic E-state index is 0.00810. The standard InChI is InChI=1S/C19H17F2N5O/c20-15-4-3-12(11-23-15)10-14-2-1-9-26(19(14)27)18-16(21)17(24-25-18)13-5-7-22-8-6-13/h3-8,11,14H,1-2,9-10H2,(H,24,25)/t14-/m0/s1. The van der Waals surface area contributed by atoms with Crippen LogP contribution in [0.4, 0.5) is 14.6 Å². The van der Waals surface area contributed by atoms with Crippen LogP contribution in [0.25, 0.3) is 11.3 Å². The molecule has 138 valence electrons. The molecule has 0 bridgehead atoms. The number of aromatic amines is 1. The second kappa shape index (κ2) is 7.22. The normalized spacial score (nSPS) is 17.3. The first-order valence-corrected chi connectivity index (χ1v) is 8.69. The minimum atomic E-state index is -0.558. The Bertz CT molecular complexity index is 942. The Hall–Kier alpha value is -3.16. The highest BCUT2D eigenvalue weighted by molar-refractivity contribution is 5.95. The Labute approximate surface area is 154 Å². The van der Waals surface area contributed by atoms with Crippen LogP contribution < -0.4 is 4.90 Å². The summed E-state index contributed by atoms with van der Waals surface area (Å²) in [4.78, 5) is 21.8. The van der Waals surface area contributed by atoms with E-state index in [2.05, 4.69) is 20.2 Å². The molecule has 1 N–H and O–H groups in total. The van der Waals surface area contributed by atoms with E-state index in [1.165, 1.54) is 17.2 Å². The molecule has 0 saturated carbocycles. The zero-order valence-electron chi connectivity index (χ0n) is 14.4. The third-order valence-corrected chi connectivity index (χ3v) is 4.73. The zero-order valence-corrected chi connectivity index (χ0v) is 14.4. The lowest BCUT2D eigenvalue weighted by molar-refractivity contribution is -0.123. The number of nitrogens with zero attached hydrogens (tertiary/aromatic N) is 4. The molecule has 1 atom stereocenters. The molecule has 0 unspecified atom stereocenters. The van der Waals surface area contributed by atoms with E-state index in [-0.39, 0.29) is 23.3 Å². The molecule has 1 amide bonds. The molecule has 27 heavy (non-hydrogen) atoms. The average molecular weight is 369 g/mol. The molecule has 3 aromatic heterocycles. The minimum Gasteiger partial charge on any atom is -0.293 e. The van der Waals surface area contributed by atoms with Crippen LogP contribution in [-0.4, -0.2) is 32.6 Å². The third kappa shape index (κ3) is 3.42. The van der Waals surface area contributed by atoms with Crippen LogP contribution in [0, 0.1) is 17.7 Å². The molecule has 4 rings (SSSR count). The Morgan fingerprint density at radius 1 is 1.19 bits per heavy atom. The van der Waals surface area contributed by atoms with Gasteiger partial charge in [0.1, 0.15) is 5.69 Å². The number of H-pyrrole nitrogens is 1. The largest absolute Gasteiger partial charge is 0.293 e. The molecular formula is C19H17F2N5O. The fourth-order valence-corrected chi connectivity index (χ4v) is 3.37. The van der Waals surface area contributed by atoms with Gasteiger partial charge in [-0.1, -0.05) is 6.07 Å². The Balaban J connectivity index is 1.56. The van der Waals surface area contributed by atoms with Gasteiger partial charge in [-0.3, -0.25) is 19.8 Å². The van der Waals surface area contributed by atoms with Gasteiger partial charge in [0.25, 0.3) is 0 Å². The fraction of sp³-hybridized carbons (Fsp3) is 0.263. The smallest absolute Gasteiger partial charge is 0.231 e. The molecule has 0 spiro atoms. The van der Waals surface area contributed by atoms with Crippen molar-refractivity contribution in [3.05, 3.63) is 60.2 Å². The summed E-state index contributed by atoms with van der Waals surface area (Å²) in [5, 5.41) is 6.72. The van der Waals surface area contributed by atoms with Gasteiger partial charge in [0.05, 0.1) is 0 Å². The van der Waals surface area contributed by atoms with Gasteiger partial charge in [-0.2, -0.15) is 9.49 Å². The summed E-state index contributed by atoms with van der Waals surface area (Å²) in [7, 11) is 0.